The lowest BCUT2D eigenvalue weighted by Crippen LogP contribution is -2.24. The first-order chi connectivity index (χ1) is 9.67. The summed E-state index contributed by atoms with van der Waals surface area (Å²) in [6, 6.07) is 16.0. The summed E-state index contributed by atoms with van der Waals surface area (Å²) in [7, 11) is 0. The van der Waals surface area contributed by atoms with Gasteiger partial charge in [0.05, 0.1) is 11.3 Å². The van der Waals surface area contributed by atoms with Crippen molar-refractivity contribution >= 4 is 11.4 Å². The van der Waals surface area contributed by atoms with Crippen LogP contribution in [0, 0.1) is 18.3 Å². The monoisotopic (exact) mass is 265 g/mol. The van der Waals surface area contributed by atoms with Crippen molar-refractivity contribution in [2.75, 3.05) is 17.2 Å². The van der Waals surface area contributed by atoms with Gasteiger partial charge in [-0.25, -0.2) is 0 Å². The molecule has 0 unspecified atom stereocenters. The average Bonchev–Trinajstić information content (AvgIpc) is 2.47. The minimum absolute atomic E-state index is 0.710. The van der Waals surface area contributed by atoms with Crippen LogP contribution in [-0.4, -0.2) is 6.54 Å². The number of nitrogen functional groups attached to an aromatic ring is 1. The number of nitrogens with two attached hydrogens (primary N) is 1. The Morgan fingerprint density at radius 2 is 1.90 bits per heavy atom. The number of nitriles is 1. The number of benzene rings is 2. The summed E-state index contributed by atoms with van der Waals surface area (Å²) in [5.41, 5.74) is 10.7. The van der Waals surface area contributed by atoms with Gasteiger partial charge >= 0.3 is 0 Å². The number of para-hydroxylation sites is 2. The SMILES string of the molecule is CCN(Cc1ccccc1N)c1c(C)cccc1C#N. The predicted molar refractivity (Wildman–Crippen MR) is 83.5 cm³/mol. The zero-order valence-corrected chi connectivity index (χ0v) is 11.9. The normalized spacial score (nSPS) is 10.1. The Bertz CT molecular complexity index is 641. The molecule has 0 aromatic heterocycles. The first-order valence-electron chi connectivity index (χ1n) is 6.75. The summed E-state index contributed by atoms with van der Waals surface area (Å²) >= 11 is 0. The Morgan fingerprint density at radius 3 is 2.55 bits per heavy atom. The third-order valence-electron chi connectivity index (χ3n) is 3.47. The molecule has 3 heteroatoms. The summed E-state index contributed by atoms with van der Waals surface area (Å²) in [5, 5.41) is 9.31. The Balaban J connectivity index is 2.40. The molecule has 0 aliphatic carbocycles. The van der Waals surface area contributed by atoms with Gasteiger partial charge in [0.2, 0.25) is 0 Å². The highest BCUT2D eigenvalue weighted by Gasteiger charge is 2.13. The molecule has 102 valence electrons. The van der Waals surface area contributed by atoms with Crippen LogP contribution in [0.3, 0.4) is 0 Å². The lowest BCUT2D eigenvalue weighted by molar-refractivity contribution is 0.828. The Hall–Kier alpha value is -2.47. The standard InChI is InChI=1S/C17H19N3/c1-3-20(12-15-8-4-5-10-16(15)19)17-13(2)7-6-9-14(17)11-18/h4-10H,3,12,19H2,1-2H3. The number of nitrogens with zero attached hydrogens (tertiary/aromatic N) is 2. The Labute approximate surface area is 120 Å². The molecular formula is C17H19N3. The molecule has 0 amide bonds. The number of hydrogen-bond donors (Lipinski definition) is 1. The fourth-order valence-electron chi connectivity index (χ4n) is 2.40. The second-order valence-corrected chi connectivity index (χ2v) is 4.80. The maximum absolute atomic E-state index is 9.31. The predicted octanol–water partition coefficient (Wildman–Crippen LogP) is 3.48. The van der Waals surface area contributed by atoms with Crippen LogP contribution in [0.5, 0.6) is 0 Å². The van der Waals surface area contributed by atoms with Gasteiger partial charge in [-0.2, -0.15) is 5.26 Å². The zero-order valence-electron chi connectivity index (χ0n) is 11.9. The van der Waals surface area contributed by atoms with Crippen LogP contribution in [0.1, 0.15) is 23.6 Å². The van der Waals surface area contributed by atoms with Crippen LogP contribution in [0.4, 0.5) is 11.4 Å². The van der Waals surface area contributed by atoms with E-state index >= 15 is 0 Å². The molecule has 2 aromatic rings. The molecule has 0 spiro atoms. The maximum Gasteiger partial charge on any atom is 0.101 e. The topological polar surface area (TPSA) is 53.0 Å². The molecule has 20 heavy (non-hydrogen) atoms. The molecule has 0 fully saturated rings. The van der Waals surface area contributed by atoms with Crippen molar-refractivity contribution in [1.29, 1.82) is 5.26 Å². The van der Waals surface area contributed by atoms with Crippen molar-refractivity contribution in [2.45, 2.75) is 20.4 Å². The van der Waals surface area contributed by atoms with E-state index in [1.807, 2.05) is 49.4 Å². The van der Waals surface area contributed by atoms with Crippen LogP contribution in [0.25, 0.3) is 0 Å². The first kappa shape index (κ1) is 14.0. The van der Waals surface area contributed by atoms with Gasteiger partial charge in [-0.1, -0.05) is 30.3 Å². The molecule has 0 aliphatic rings. The second kappa shape index (κ2) is 6.12. The molecule has 0 bridgehead atoms. The average molecular weight is 265 g/mol. The smallest absolute Gasteiger partial charge is 0.101 e. The van der Waals surface area contributed by atoms with Crippen molar-refractivity contribution in [1.82, 2.24) is 0 Å². The van der Waals surface area contributed by atoms with E-state index in [9.17, 15) is 5.26 Å². The molecule has 0 saturated carbocycles. The van der Waals surface area contributed by atoms with E-state index in [2.05, 4.69) is 17.9 Å². The molecule has 0 atom stereocenters. The van der Waals surface area contributed by atoms with E-state index in [1.54, 1.807) is 0 Å². The fourth-order valence-corrected chi connectivity index (χ4v) is 2.40. The Morgan fingerprint density at radius 1 is 1.15 bits per heavy atom. The molecule has 0 aliphatic heterocycles. The number of aryl methyl sites for hydroxylation is 1. The van der Waals surface area contributed by atoms with Crippen LogP contribution in [-0.2, 0) is 6.54 Å². The van der Waals surface area contributed by atoms with Crippen molar-refractivity contribution in [2.24, 2.45) is 0 Å². The lowest BCUT2D eigenvalue weighted by atomic mass is 10.1. The first-order valence-corrected chi connectivity index (χ1v) is 6.75. The van der Waals surface area contributed by atoms with Crippen LogP contribution in [0.2, 0.25) is 0 Å². The lowest BCUT2D eigenvalue weighted by Gasteiger charge is -2.26. The van der Waals surface area contributed by atoms with E-state index in [4.69, 9.17) is 5.73 Å². The second-order valence-electron chi connectivity index (χ2n) is 4.80. The fraction of sp³-hybridized carbons (Fsp3) is 0.235. The van der Waals surface area contributed by atoms with Crippen LogP contribution < -0.4 is 10.6 Å². The van der Waals surface area contributed by atoms with Crippen molar-refractivity contribution in [3.05, 3.63) is 59.2 Å². The molecule has 2 aromatic carbocycles. The minimum atomic E-state index is 0.710. The van der Waals surface area contributed by atoms with E-state index in [-0.39, 0.29) is 0 Å². The highest BCUT2D eigenvalue weighted by atomic mass is 15.1. The van der Waals surface area contributed by atoms with Crippen molar-refractivity contribution in [3.8, 4) is 6.07 Å². The molecule has 0 radical (unpaired) electrons. The number of anilines is 2. The third-order valence-corrected chi connectivity index (χ3v) is 3.47. The minimum Gasteiger partial charge on any atom is -0.398 e. The summed E-state index contributed by atoms with van der Waals surface area (Å²) < 4.78 is 0. The van der Waals surface area contributed by atoms with E-state index < -0.39 is 0 Å². The van der Waals surface area contributed by atoms with Gasteiger partial charge in [-0.15, -0.1) is 0 Å². The quantitative estimate of drug-likeness (QED) is 0.861. The molecule has 0 heterocycles. The van der Waals surface area contributed by atoms with Gasteiger partial charge in [0.15, 0.2) is 0 Å². The van der Waals surface area contributed by atoms with Crippen LogP contribution >= 0.6 is 0 Å². The van der Waals surface area contributed by atoms with E-state index in [1.165, 1.54) is 0 Å². The summed E-state index contributed by atoms with van der Waals surface area (Å²) in [6.07, 6.45) is 0. The highest BCUT2D eigenvalue weighted by molar-refractivity contribution is 5.64. The molecule has 2 rings (SSSR count). The van der Waals surface area contributed by atoms with Crippen molar-refractivity contribution < 1.29 is 0 Å². The van der Waals surface area contributed by atoms with Gasteiger partial charge in [0, 0.05) is 18.8 Å². The molecule has 2 N–H and O–H groups in total. The number of hydrogen-bond acceptors (Lipinski definition) is 3. The number of rotatable bonds is 4. The molecular weight excluding hydrogens is 246 g/mol. The summed E-state index contributed by atoms with van der Waals surface area (Å²) in [6.45, 7) is 5.66. The van der Waals surface area contributed by atoms with Crippen molar-refractivity contribution in [3.63, 3.8) is 0 Å². The Kier molecular flexibility index (Phi) is 4.27. The van der Waals surface area contributed by atoms with Gasteiger partial charge < -0.3 is 10.6 Å². The van der Waals surface area contributed by atoms with Gasteiger partial charge in [-0.3, -0.25) is 0 Å². The highest BCUT2D eigenvalue weighted by Crippen LogP contribution is 2.27. The van der Waals surface area contributed by atoms with Gasteiger partial charge in [-0.05, 0) is 37.1 Å². The molecule has 0 saturated heterocycles. The van der Waals surface area contributed by atoms with E-state index in [0.717, 1.165) is 29.0 Å². The van der Waals surface area contributed by atoms with E-state index in [0.29, 0.717) is 12.1 Å². The van der Waals surface area contributed by atoms with Gasteiger partial charge in [0.1, 0.15) is 6.07 Å². The maximum atomic E-state index is 9.31. The molecule has 3 nitrogen and oxygen atoms in total. The van der Waals surface area contributed by atoms with Crippen LogP contribution in [0.15, 0.2) is 42.5 Å². The summed E-state index contributed by atoms with van der Waals surface area (Å²) in [4.78, 5) is 2.19. The third kappa shape index (κ3) is 2.75. The largest absolute Gasteiger partial charge is 0.398 e. The van der Waals surface area contributed by atoms with Gasteiger partial charge in [0.25, 0.3) is 0 Å². The summed E-state index contributed by atoms with van der Waals surface area (Å²) in [5.74, 6) is 0. The zero-order chi connectivity index (χ0) is 14.5.